The highest BCUT2D eigenvalue weighted by Gasteiger charge is 2.44. The number of hydrogen-bond acceptors (Lipinski definition) is 6. The molecule has 37 heavy (non-hydrogen) atoms. The van der Waals surface area contributed by atoms with Gasteiger partial charge in [-0.25, -0.2) is 4.39 Å². The Labute approximate surface area is 214 Å². The summed E-state index contributed by atoms with van der Waals surface area (Å²) in [6, 6.07) is 13.7. The van der Waals surface area contributed by atoms with Crippen molar-refractivity contribution in [3.8, 4) is 23.0 Å². The van der Waals surface area contributed by atoms with Crippen LogP contribution in [0, 0.1) is 5.82 Å². The summed E-state index contributed by atoms with van der Waals surface area (Å²) in [5, 5.41) is 2.95. The molecule has 9 heteroatoms. The molecule has 0 radical (unpaired) electrons. The Hall–Kier alpha value is -4.27. The van der Waals surface area contributed by atoms with Crippen molar-refractivity contribution in [1.82, 2.24) is 10.2 Å². The minimum atomic E-state index is -0.932. The van der Waals surface area contributed by atoms with E-state index in [0.29, 0.717) is 28.6 Å². The zero-order valence-electron chi connectivity index (χ0n) is 21.3. The fraction of sp³-hybridized carbons (Fsp3) is 0.286. The summed E-state index contributed by atoms with van der Waals surface area (Å²) in [5.74, 6) is -0.301. The van der Waals surface area contributed by atoms with Gasteiger partial charge in [-0.3, -0.25) is 9.59 Å². The van der Waals surface area contributed by atoms with Crippen LogP contribution in [0.2, 0.25) is 0 Å². The van der Waals surface area contributed by atoms with E-state index in [9.17, 15) is 9.59 Å². The summed E-state index contributed by atoms with van der Waals surface area (Å²) in [5.41, 5.74) is 1.68. The van der Waals surface area contributed by atoms with Crippen LogP contribution >= 0.6 is 0 Å². The molecule has 2 unspecified atom stereocenters. The highest BCUT2D eigenvalue weighted by molar-refractivity contribution is 6.02. The third-order valence-corrected chi connectivity index (χ3v) is 6.63. The minimum Gasteiger partial charge on any atom is -0.497 e. The molecular formula is C28H29FN2O6. The molecular weight excluding hydrogens is 479 g/mol. The van der Waals surface area contributed by atoms with Gasteiger partial charge in [-0.05, 0) is 35.9 Å². The molecule has 2 amide bonds. The third kappa shape index (κ3) is 4.76. The number of amides is 2. The molecule has 2 atom stereocenters. The monoisotopic (exact) mass is 508 g/mol. The maximum Gasteiger partial charge on any atom is 0.254 e. The average Bonchev–Trinajstić information content (AvgIpc) is 2.93. The molecule has 0 aliphatic carbocycles. The fourth-order valence-electron chi connectivity index (χ4n) is 4.73. The van der Waals surface area contributed by atoms with Gasteiger partial charge in [0, 0.05) is 36.3 Å². The Morgan fingerprint density at radius 2 is 1.57 bits per heavy atom. The van der Waals surface area contributed by atoms with E-state index in [1.54, 1.807) is 62.7 Å². The number of carbonyl (C=O) groups excluding carboxylic acids is 2. The van der Waals surface area contributed by atoms with Gasteiger partial charge >= 0.3 is 0 Å². The SMILES string of the molecule is COc1ccc(CNC(=O)C2c3cc(OC)c(OC)cc3C(=O)N(C)C2c2ccccc2F)c(OC)c1. The van der Waals surface area contributed by atoms with Crippen molar-refractivity contribution >= 4 is 11.8 Å². The Kier molecular flexibility index (Phi) is 7.52. The van der Waals surface area contributed by atoms with E-state index in [1.165, 1.54) is 32.3 Å². The highest BCUT2D eigenvalue weighted by Crippen LogP contribution is 2.46. The Balaban J connectivity index is 1.79. The van der Waals surface area contributed by atoms with Gasteiger partial charge in [-0.2, -0.15) is 0 Å². The first-order chi connectivity index (χ1) is 17.8. The summed E-state index contributed by atoms with van der Waals surface area (Å²) in [7, 11) is 7.59. The van der Waals surface area contributed by atoms with Gasteiger partial charge in [0.1, 0.15) is 17.3 Å². The van der Waals surface area contributed by atoms with Crippen LogP contribution in [0.3, 0.4) is 0 Å². The van der Waals surface area contributed by atoms with E-state index in [-0.39, 0.29) is 29.5 Å². The van der Waals surface area contributed by atoms with Crippen molar-refractivity contribution in [1.29, 1.82) is 0 Å². The molecule has 194 valence electrons. The van der Waals surface area contributed by atoms with Gasteiger partial charge in [-0.15, -0.1) is 0 Å². The Morgan fingerprint density at radius 3 is 2.22 bits per heavy atom. The zero-order valence-corrected chi connectivity index (χ0v) is 21.3. The lowest BCUT2D eigenvalue weighted by atomic mass is 9.79. The second kappa shape index (κ2) is 10.8. The fourth-order valence-corrected chi connectivity index (χ4v) is 4.73. The van der Waals surface area contributed by atoms with Crippen molar-refractivity contribution in [3.05, 3.63) is 82.7 Å². The molecule has 1 heterocycles. The molecule has 0 spiro atoms. The summed E-state index contributed by atoms with van der Waals surface area (Å²) in [6.07, 6.45) is 0. The molecule has 1 N–H and O–H groups in total. The van der Waals surface area contributed by atoms with Gasteiger partial charge in [0.05, 0.1) is 40.4 Å². The Morgan fingerprint density at radius 1 is 0.892 bits per heavy atom. The molecule has 1 aliphatic rings. The van der Waals surface area contributed by atoms with Gasteiger partial charge < -0.3 is 29.2 Å². The van der Waals surface area contributed by atoms with Crippen molar-refractivity contribution in [2.24, 2.45) is 0 Å². The first-order valence-corrected chi connectivity index (χ1v) is 11.6. The summed E-state index contributed by atoms with van der Waals surface area (Å²) < 4.78 is 36.6. The molecule has 0 fully saturated rings. The van der Waals surface area contributed by atoms with E-state index < -0.39 is 17.8 Å². The lowest BCUT2D eigenvalue weighted by Gasteiger charge is -2.40. The van der Waals surface area contributed by atoms with Crippen LogP contribution in [0.25, 0.3) is 0 Å². The summed E-state index contributed by atoms with van der Waals surface area (Å²) >= 11 is 0. The van der Waals surface area contributed by atoms with Crippen LogP contribution in [0.4, 0.5) is 4.39 Å². The topological polar surface area (TPSA) is 86.3 Å². The molecule has 1 aliphatic heterocycles. The van der Waals surface area contributed by atoms with E-state index >= 15 is 4.39 Å². The number of hydrogen-bond donors (Lipinski definition) is 1. The predicted octanol–water partition coefficient (Wildman–Crippen LogP) is 4.09. The number of halogens is 1. The number of fused-ring (bicyclic) bond motifs is 1. The van der Waals surface area contributed by atoms with Gasteiger partial charge in [-0.1, -0.05) is 18.2 Å². The summed E-state index contributed by atoms with van der Waals surface area (Å²) in [4.78, 5) is 28.7. The summed E-state index contributed by atoms with van der Waals surface area (Å²) in [6.45, 7) is 0.146. The molecule has 0 saturated carbocycles. The lowest BCUT2D eigenvalue weighted by molar-refractivity contribution is -0.124. The number of rotatable bonds is 8. The minimum absolute atomic E-state index is 0.146. The second-order valence-corrected chi connectivity index (χ2v) is 8.55. The third-order valence-electron chi connectivity index (χ3n) is 6.63. The van der Waals surface area contributed by atoms with Crippen molar-refractivity contribution in [2.45, 2.75) is 18.5 Å². The van der Waals surface area contributed by atoms with Gasteiger partial charge in [0.15, 0.2) is 11.5 Å². The number of methoxy groups -OCH3 is 4. The van der Waals surface area contributed by atoms with Crippen LogP contribution in [0.5, 0.6) is 23.0 Å². The van der Waals surface area contributed by atoms with E-state index in [1.807, 2.05) is 0 Å². The number of carbonyl (C=O) groups is 2. The lowest BCUT2D eigenvalue weighted by Crippen LogP contribution is -2.45. The van der Waals surface area contributed by atoms with E-state index in [4.69, 9.17) is 18.9 Å². The number of benzene rings is 3. The quantitative estimate of drug-likeness (QED) is 0.494. The van der Waals surface area contributed by atoms with E-state index in [0.717, 1.165) is 5.56 Å². The molecule has 0 aromatic heterocycles. The number of nitrogens with one attached hydrogen (secondary N) is 1. The first kappa shape index (κ1) is 25.8. The first-order valence-electron chi connectivity index (χ1n) is 11.6. The predicted molar refractivity (Wildman–Crippen MR) is 135 cm³/mol. The van der Waals surface area contributed by atoms with Crippen LogP contribution < -0.4 is 24.3 Å². The maximum absolute atomic E-state index is 15.0. The molecule has 8 nitrogen and oxygen atoms in total. The second-order valence-electron chi connectivity index (χ2n) is 8.55. The maximum atomic E-state index is 15.0. The van der Waals surface area contributed by atoms with Crippen LogP contribution in [-0.4, -0.2) is 52.2 Å². The average molecular weight is 509 g/mol. The van der Waals surface area contributed by atoms with Crippen molar-refractivity contribution in [3.63, 3.8) is 0 Å². The number of nitrogens with zero attached hydrogens (tertiary/aromatic N) is 1. The normalized spacial score (nSPS) is 16.6. The van der Waals surface area contributed by atoms with Crippen LogP contribution in [-0.2, 0) is 11.3 Å². The smallest absolute Gasteiger partial charge is 0.254 e. The van der Waals surface area contributed by atoms with E-state index in [2.05, 4.69) is 5.32 Å². The number of ether oxygens (including phenoxy) is 4. The molecule has 4 rings (SSSR count). The molecule has 3 aromatic rings. The highest BCUT2D eigenvalue weighted by atomic mass is 19.1. The van der Waals surface area contributed by atoms with Gasteiger partial charge in [0.2, 0.25) is 5.91 Å². The molecule has 0 saturated heterocycles. The molecule has 3 aromatic carbocycles. The van der Waals surface area contributed by atoms with Crippen LogP contribution in [0.1, 0.15) is 39.0 Å². The zero-order chi connectivity index (χ0) is 26.7. The van der Waals surface area contributed by atoms with Crippen molar-refractivity contribution in [2.75, 3.05) is 35.5 Å². The van der Waals surface area contributed by atoms with Crippen molar-refractivity contribution < 1.29 is 32.9 Å². The number of likely N-dealkylation sites (N-methyl/N-ethyl adjacent to an activating group) is 1. The van der Waals surface area contributed by atoms with Gasteiger partial charge in [0.25, 0.3) is 5.91 Å². The largest absolute Gasteiger partial charge is 0.497 e. The van der Waals surface area contributed by atoms with Crippen LogP contribution in [0.15, 0.2) is 54.6 Å². The standard InChI is InChI=1S/C28H29FN2O6/c1-31-26(18-8-6-7-9-21(18)29)25(19-13-23(36-4)24(37-5)14-20(19)28(31)33)27(32)30-15-16-10-11-17(34-2)12-22(16)35-3/h6-14,25-26H,15H2,1-5H3,(H,30,32). The molecule has 0 bridgehead atoms. The Bertz CT molecular complexity index is 1330.